The van der Waals surface area contributed by atoms with Gasteiger partial charge in [-0.1, -0.05) is 32.9 Å². The van der Waals surface area contributed by atoms with Crippen LogP contribution in [-0.4, -0.2) is 39.4 Å². The molecule has 0 fully saturated rings. The van der Waals surface area contributed by atoms with Gasteiger partial charge in [0.25, 0.3) is 11.8 Å². The summed E-state index contributed by atoms with van der Waals surface area (Å²) in [5.74, 6) is -0.632. The molecule has 1 aromatic carbocycles. The van der Waals surface area contributed by atoms with E-state index in [1.54, 1.807) is 22.4 Å². The number of benzene rings is 1. The van der Waals surface area contributed by atoms with Crippen molar-refractivity contribution in [2.24, 2.45) is 5.92 Å². The maximum absolute atomic E-state index is 14.2. The first kappa shape index (κ1) is 23.7. The van der Waals surface area contributed by atoms with Crippen molar-refractivity contribution in [1.29, 1.82) is 0 Å². The van der Waals surface area contributed by atoms with E-state index in [1.165, 1.54) is 23.5 Å². The fourth-order valence-corrected chi connectivity index (χ4v) is 4.06. The maximum atomic E-state index is 14.2. The number of halogens is 1. The van der Waals surface area contributed by atoms with Gasteiger partial charge in [-0.05, 0) is 36.6 Å². The second-order valence-electron chi connectivity index (χ2n) is 8.06. The minimum Gasteiger partial charge on any atom is -0.350 e. The standard InChI is InChI=1S/C24H29FN4O2S/c1-4-11-29(24(31)19-9-5-6-10-20(19)25)14-18-8-7-12-28(18)15-22-27-21(16-32-22)23(30)26-13-17(2)3/h5-10,12,16-17H,4,11,13-15H2,1-3H3,(H,26,30). The summed E-state index contributed by atoms with van der Waals surface area (Å²) in [5.41, 5.74) is 1.42. The van der Waals surface area contributed by atoms with Crippen LogP contribution in [0.4, 0.5) is 4.39 Å². The van der Waals surface area contributed by atoms with Gasteiger partial charge in [-0.2, -0.15) is 0 Å². The van der Waals surface area contributed by atoms with Crippen LogP contribution in [0.25, 0.3) is 0 Å². The highest BCUT2D eigenvalue weighted by molar-refractivity contribution is 7.09. The van der Waals surface area contributed by atoms with Crippen molar-refractivity contribution < 1.29 is 14.0 Å². The van der Waals surface area contributed by atoms with E-state index < -0.39 is 5.82 Å². The van der Waals surface area contributed by atoms with Gasteiger partial charge in [0.2, 0.25) is 0 Å². The lowest BCUT2D eigenvalue weighted by Gasteiger charge is -2.23. The van der Waals surface area contributed by atoms with Gasteiger partial charge in [-0.3, -0.25) is 9.59 Å². The average Bonchev–Trinajstić information content (AvgIpc) is 3.41. The lowest BCUT2D eigenvalue weighted by molar-refractivity contribution is 0.0734. The van der Waals surface area contributed by atoms with E-state index in [0.29, 0.717) is 37.8 Å². The minimum absolute atomic E-state index is 0.0797. The Bertz CT molecular complexity index is 1060. The Hall–Kier alpha value is -3.00. The minimum atomic E-state index is -0.514. The number of rotatable bonds is 10. The van der Waals surface area contributed by atoms with Gasteiger partial charge >= 0.3 is 0 Å². The van der Waals surface area contributed by atoms with Gasteiger partial charge in [-0.25, -0.2) is 9.37 Å². The summed E-state index contributed by atoms with van der Waals surface area (Å²) in [4.78, 5) is 31.3. The Kier molecular flexibility index (Phi) is 8.16. The molecule has 0 unspecified atom stereocenters. The number of amides is 2. The van der Waals surface area contributed by atoms with Gasteiger partial charge in [0, 0.05) is 30.4 Å². The summed E-state index contributed by atoms with van der Waals surface area (Å²) < 4.78 is 16.2. The molecule has 2 heterocycles. The first-order valence-corrected chi connectivity index (χ1v) is 11.7. The zero-order chi connectivity index (χ0) is 23.1. The molecule has 0 spiro atoms. The highest BCUT2D eigenvalue weighted by atomic mass is 32.1. The van der Waals surface area contributed by atoms with Gasteiger partial charge in [0.15, 0.2) is 0 Å². The van der Waals surface area contributed by atoms with Gasteiger partial charge in [0.05, 0.1) is 18.7 Å². The molecule has 6 nitrogen and oxygen atoms in total. The number of nitrogens with zero attached hydrogens (tertiary/aromatic N) is 3. The van der Waals surface area contributed by atoms with Crippen molar-refractivity contribution in [2.45, 2.75) is 40.3 Å². The molecule has 0 radical (unpaired) electrons. The van der Waals surface area contributed by atoms with E-state index in [1.807, 2.05) is 43.7 Å². The average molecular weight is 457 g/mol. The molecule has 0 saturated carbocycles. The van der Waals surface area contributed by atoms with Gasteiger partial charge in [0.1, 0.15) is 16.5 Å². The number of thiazole rings is 1. The molecule has 0 aliphatic rings. The van der Waals surface area contributed by atoms with E-state index in [-0.39, 0.29) is 17.4 Å². The fourth-order valence-electron chi connectivity index (χ4n) is 3.29. The first-order chi connectivity index (χ1) is 15.4. The van der Waals surface area contributed by atoms with E-state index >= 15 is 0 Å². The van der Waals surface area contributed by atoms with Crippen LogP contribution in [-0.2, 0) is 13.1 Å². The van der Waals surface area contributed by atoms with Crippen LogP contribution >= 0.6 is 11.3 Å². The van der Waals surface area contributed by atoms with Crippen LogP contribution in [0, 0.1) is 11.7 Å². The molecule has 32 heavy (non-hydrogen) atoms. The van der Waals surface area contributed by atoms with Crippen molar-refractivity contribution in [3.05, 3.63) is 75.8 Å². The summed E-state index contributed by atoms with van der Waals surface area (Å²) in [6.07, 6.45) is 2.69. The highest BCUT2D eigenvalue weighted by Gasteiger charge is 2.20. The molecule has 2 amide bonds. The molecule has 0 aliphatic carbocycles. The van der Waals surface area contributed by atoms with Crippen molar-refractivity contribution >= 4 is 23.2 Å². The highest BCUT2D eigenvalue weighted by Crippen LogP contribution is 2.17. The molecule has 0 atom stereocenters. The number of carbonyl (C=O) groups excluding carboxylic acids is 2. The largest absolute Gasteiger partial charge is 0.350 e. The summed E-state index contributed by atoms with van der Waals surface area (Å²) in [6, 6.07) is 9.92. The van der Waals surface area contributed by atoms with E-state index in [9.17, 15) is 14.0 Å². The third-order valence-electron chi connectivity index (χ3n) is 4.92. The van der Waals surface area contributed by atoms with Crippen molar-refractivity contribution in [2.75, 3.05) is 13.1 Å². The summed E-state index contributed by atoms with van der Waals surface area (Å²) >= 11 is 1.43. The van der Waals surface area contributed by atoms with E-state index in [2.05, 4.69) is 10.3 Å². The zero-order valence-electron chi connectivity index (χ0n) is 18.7. The Morgan fingerprint density at radius 2 is 2.00 bits per heavy atom. The van der Waals surface area contributed by atoms with Crippen LogP contribution in [0.5, 0.6) is 0 Å². The Balaban J connectivity index is 1.71. The second kappa shape index (κ2) is 11.0. The first-order valence-electron chi connectivity index (χ1n) is 10.8. The third kappa shape index (κ3) is 6.03. The lowest BCUT2D eigenvalue weighted by Crippen LogP contribution is -2.32. The van der Waals surface area contributed by atoms with Crippen molar-refractivity contribution in [1.82, 2.24) is 19.8 Å². The van der Waals surface area contributed by atoms with E-state index in [4.69, 9.17) is 0 Å². The Morgan fingerprint density at radius 3 is 2.72 bits per heavy atom. The molecule has 3 aromatic rings. The maximum Gasteiger partial charge on any atom is 0.270 e. The Morgan fingerprint density at radius 1 is 1.22 bits per heavy atom. The molecule has 0 bridgehead atoms. The molecular weight excluding hydrogens is 427 g/mol. The predicted molar refractivity (Wildman–Crippen MR) is 124 cm³/mol. The number of hydrogen-bond acceptors (Lipinski definition) is 4. The fraction of sp³-hybridized carbons (Fsp3) is 0.375. The topological polar surface area (TPSA) is 67.2 Å². The van der Waals surface area contributed by atoms with Gasteiger partial charge in [-0.15, -0.1) is 11.3 Å². The zero-order valence-corrected chi connectivity index (χ0v) is 19.5. The number of nitrogens with one attached hydrogen (secondary N) is 1. The van der Waals surface area contributed by atoms with Crippen molar-refractivity contribution in [3.63, 3.8) is 0 Å². The molecular formula is C24H29FN4O2S. The summed E-state index contributed by atoms with van der Waals surface area (Å²) in [6.45, 7) is 8.06. The summed E-state index contributed by atoms with van der Waals surface area (Å²) in [7, 11) is 0. The van der Waals surface area contributed by atoms with Crippen LogP contribution in [0.1, 0.15) is 58.7 Å². The van der Waals surface area contributed by atoms with Crippen LogP contribution < -0.4 is 5.32 Å². The second-order valence-corrected chi connectivity index (χ2v) is 9.01. The quantitative estimate of drug-likeness (QED) is 0.486. The smallest absolute Gasteiger partial charge is 0.270 e. The van der Waals surface area contributed by atoms with Crippen LogP contribution in [0.2, 0.25) is 0 Å². The SMILES string of the molecule is CCCN(Cc1cccn1Cc1nc(C(=O)NCC(C)C)cs1)C(=O)c1ccccc1F. The molecule has 1 N–H and O–H groups in total. The number of aromatic nitrogens is 2. The molecule has 3 rings (SSSR count). The van der Waals surface area contributed by atoms with Crippen LogP contribution in [0.15, 0.2) is 48.0 Å². The number of hydrogen-bond donors (Lipinski definition) is 1. The van der Waals surface area contributed by atoms with Gasteiger partial charge < -0.3 is 14.8 Å². The Labute approximate surface area is 192 Å². The molecule has 0 aliphatic heterocycles. The third-order valence-corrected chi connectivity index (χ3v) is 5.76. The predicted octanol–water partition coefficient (Wildman–Crippen LogP) is 4.57. The number of carbonyl (C=O) groups is 2. The molecule has 2 aromatic heterocycles. The molecule has 170 valence electrons. The van der Waals surface area contributed by atoms with E-state index in [0.717, 1.165) is 17.1 Å². The van der Waals surface area contributed by atoms with Crippen molar-refractivity contribution in [3.8, 4) is 0 Å². The molecule has 8 heteroatoms. The van der Waals surface area contributed by atoms with Crippen LogP contribution in [0.3, 0.4) is 0 Å². The normalized spacial score (nSPS) is 11.0. The monoisotopic (exact) mass is 456 g/mol. The molecule has 0 saturated heterocycles. The lowest BCUT2D eigenvalue weighted by atomic mass is 10.1. The summed E-state index contributed by atoms with van der Waals surface area (Å²) in [5, 5.41) is 5.45.